The van der Waals surface area contributed by atoms with E-state index in [0.29, 0.717) is 35.3 Å². The molecule has 0 aliphatic heterocycles. The molecule has 4 aromatic rings. The number of rotatable bonds is 8. The first-order valence-corrected chi connectivity index (χ1v) is 9.82. The topological polar surface area (TPSA) is 123 Å². The Morgan fingerprint density at radius 2 is 2.16 bits per heavy atom. The summed E-state index contributed by atoms with van der Waals surface area (Å²) in [4.78, 5) is 22.9. The molecule has 4 rings (SSSR count). The van der Waals surface area contributed by atoms with E-state index in [-0.39, 0.29) is 12.5 Å². The van der Waals surface area contributed by atoms with Crippen LogP contribution in [0.5, 0.6) is 11.6 Å². The molecule has 0 aliphatic rings. The van der Waals surface area contributed by atoms with Crippen LogP contribution in [0.2, 0.25) is 0 Å². The number of ether oxygens (including phenoxy) is 2. The Morgan fingerprint density at radius 1 is 1.32 bits per heavy atom. The maximum atomic E-state index is 10.9. The lowest BCUT2D eigenvalue weighted by atomic mass is 10.1. The van der Waals surface area contributed by atoms with Crippen molar-refractivity contribution in [3.8, 4) is 34.5 Å². The molecule has 0 unspecified atom stereocenters. The molecular weight excluding hydrogens is 400 g/mol. The molecule has 2 N–H and O–H groups in total. The molecule has 9 heteroatoms. The number of carboxylic acid groups (broad SMARTS) is 1. The van der Waals surface area contributed by atoms with Gasteiger partial charge in [0.05, 0.1) is 24.3 Å². The van der Waals surface area contributed by atoms with Gasteiger partial charge in [-0.2, -0.15) is 4.98 Å². The second kappa shape index (κ2) is 8.47. The number of para-hydroxylation sites is 1. The summed E-state index contributed by atoms with van der Waals surface area (Å²) >= 11 is 0. The summed E-state index contributed by atoms with van der Waals surface area (Å²) in [5.74, 6) is 0.744. The van der Waals surface area contributed by atoms with Crippen molar-refractivity contribution in [2.24, 2.45) is 0 Å². The number of hydrogen-bond acceptors (Lipinski definition) is 7. The lowest BCUT2D eigenvalue weighted by Gasteiger charge is -2.12. The molecule has 0 saturated carbocycles. The predicted molar refractivity (Wildman–Crippen MR) is 113 cm³/mol. The number of aliphatic carboxylic acids is 1. The summed E-state index contributed by atoms with van der Waals surface area (Å²) in [6, 6.07) is 7.44. The van der Waals surface area contributed by atoms with Gasteiger partial charge in [-0.05, 0) is 31.9 Å². The highest BCUT2D eigenvalue weighted by Gasteiger charge is 2.18. The van der Waals surface area contributed by atoms with Crippen LogP contribution in [0.15, 0.2) is 41.2 Å². The average molecular weight is 422 g/mol. The number of aromatic nitrogens is 4. The number of nitrogens with zero attached hydrogens (tertiary/aromatic N) is 3. The minimum Gasteiger partial charge on any atom is -0.491 e. The van der Waals surface area contributed by atoms with E-state index in [9.17, 15) is 4.79 Å². The Balaban J connectivity index is 1.66. The normalized spacial score (nSPS) is 11.2. The Labute approximate surface area is 178 Å². The van der Waals surface area contributed by atoms with Gasteiger partial charge in [-0.1, -0.05) is 17.3 Å². The van der Waals surface area contributed by atoms with E-state index in [0.717, 1.165) is 22.0 Å². The Bertz CT molecular complexity index is 1230. The summed E-state index contributed by atoms with van der Waals surface area (Å²) in [7, 11) is 1.54. The first-order chi connectivity index (χ1) is 15.0. The van der Waals surface area contributed by atoms with Gasteiger partial charge in [0.25, 0.3) is 11.8 Å². The second-order valence-corrected chi connectivity index (χ2v) is 7.26. The largest absolute Gasteiger partial charge is 0.491 e. The number of aromatic amines is 1. The van der Waals surface area contributed by atoms with E-state index in [2.05, 4.69) is 20.1 Å². The molecule has 9 nitrogen and oxygen atoms in total. The highest BCUT2D eigenvalue weighted by atomic mass is 16.5. The minimum atomic E-state index is -0.831. The molecular formula is C22H22N4O5. The maximum Gasteiger partial charge on any atom is 0.303 e. The molecule has 0 amide bonds. The van der Waals surface area contributed by atoms with Crippen molar-refractivity contribution in [1.82, 2.24) is 20.1 Å². The fourth-order valence-corrected chi connectivity index (χ4v) is 3.30. The summed E-state index contributed by atoms with van der Waals surface area (Å²) in [5.41, 5.74) is 3.12. The van der Waals surface area contributed by atoms with E-state index in [1.807, 2.05) is 38.2 Å². The van der Waals surface area contributed by atoms with Crippen molar-refractivity contribution < 1.29 is 23.9 Å². The van der Waals surface area contributed by atoms with Gasteiger partial charge >= 0.3 is 5.97 Å². The van der Waals surface area contributed by atoms with Crippen LogP contribution >= 0.6 is 0 Å². The summed E-state index contributed by atoms with van der Waals surface area (Å²) in [5, 5.41) is 14.0. The van der Waals surface area contributed by atoms with Crippen LogP contribution < -0.4 is 9.47 Å². The molecule has 0 saturated heterocycles. The lowest BCUT2D eigenvalue weighted by molar-refractivity contribution is -0.136. The highest BCUT2D eigenvalue weighted by molar-refractivity contribution is 5.94. The molecule has 3 aromatic heterocycles. The number of hydrogen-bond donors (Lipinski definition) is 2. The summed E-state index contributed by atoms with van der Waals surface area (Å²) in [6.07, 6.45) is 3.88. The number of benzene rings is 1. The molecule has 160 valence electrons. The van der Waals surface area contributed by atoms with Gasteiger partial charge in [-0.25, -0.2) is 4.98 Å². The van der Waals surface area contributed by atoms with Crippen molar-refractivity contribution in [3.63, 3.8) is 0 Å². The van der Waals surface area contributed by atoms with Crippen LogP contribution in [0.25, 0.3) is 33.7 Å². The molecule has 31 heavy (non-hydrogen) atoms. The number of carbonyl (C=O) groups is 1. The van der Waals surface area contributed by atoms with Crippen LogP contribution in [0.4, 0.5) is 0 Å². The zero-order valence-corrected chi connectivity index (χ0v) is 17.4. The van der Waals surface area contributed by atoms with Crippen molar-refractivity contribution in [2.45, 2.75) is 32.8 Å². The van der Waals surface area contributed by atoms with Crippen LogP contribution in [0.1, 0.15) is 25.8 Å². The van der Waals surface area contributed by atoms with E-state index >= 15 is 0 Å². The molecule has 0 spiro atoms. The number of H-pyrrole nitrogens is 1. The van der Waals surface area contributed by atoms with Crippen molar-refractivity contribution >= 4 is 16.9 Å². The molecule has 0 atom stereocenters. The zero-order valence-electron chi connectivity index (χ0n) is 17.4. The van der Waals surface area contributed by atoms with Gasteiger partial charge in [0, 0.05) is 35.8 Å². The van der Waals surface area contributed by atoms with Crippen molar-refractivity contribution in [3.05, 3.63) is 42.2 Å². The third kappa shape index (κ3) is 4.20. The number of pyridine rings is 1. The number of carboxylic acids is 1. The lowest BCUT2D eigenvalue weighted by Crippen LogP contribution is -2.08. The summed E-state index contributed by atoms with van der Waals surface area (Å²) < 4.78 is 16.5. The standard InChI is InChI=1S/C22H22N4O5/c1-12(2)30-22-17(29-3)9-14(11-24-22)21-25-20(26-31-21)16-6-4-5-15-13(7-8-18(27)28)10-23-19(15)16/h4-6,9-12,23H,7-8H2,1-3H3,(H,27,28). The SMILES string of the molecule is COc1cc(-c2nc(-c3cccc4c(CCC(=O)O)c[nH]c34)no2)cnc1OC(C)C. The quantitative estimate of drug-likeness (QED) is 0.435. The first kappa shape index (κ1) is 20.4. The molecule has 0 aliphatic carbocycles. The van der Waals surface area contributed by atoms with E-state index in [4.69, 9.17) is 19.1 Å². The molecule has 3 heterocycles. The van der Waals surface area contributed by atoms with Crippen molar-refractivity contribution in [2.75, 3.05) is 7.11 Å². The minimum absolute atomic E-state index is 0.0380. The Morgan fingerprint density at radius 3 is 2.90 bits per heavy atom. The van der Waals surface area contributed by atoms with E-state index < -0.39 is 5.97 Å². The second-order valence-electron chi connectivity index (χ2n) is 7.26. The monoisotopic (exact) mass is 422 g/mol. The Kier molecular flexibility index (Phi) is 5.57. The first-order valence-electron chi connectivity index (χ1n) is 9.82. The smallest absolute Gasteiger partial charge is 0.303 e. The predicted octanol–water partition coefficient (Wildman–Crippen LogP) is 4.09. The van der Waals surface area contributed by atoms with Crippen molar-refractivity contribution in [1.29, 1.82) is 0 Å². The number of aryl methyl sites for hydroxylation is 1. The highest BCUT2D eigenvalue weighted by Crippen LogP contribution is 2.33. The van der Waals surface area contributed by atoms with Gasteiger partial charge in [0.2, 0.25) is 5.82 Å². The van der Waals surface area contributed by atoms with Gasteiger partial charge in [-0.15, -0.1) is 0 Å². The third-order valence-corrected chi connectivity index (χ3v) is 4.71. The number of methoxy groups -OCH3 is 1. The van der Waals surface area contributed by atoms with Gasteiger partial charge < -0.3 is 24.1 Å². The van der Waals surface area contributed by atoms with Crippen LogP contribution in [-0.2, 0) is 11.2 Å². The third-order valence-electron chi connectivity index (χ3n) is 4.71. The average Bonchev–Trinajstić information content (AvgIpc) is 3.39. The Hall–Kier alpha value is -3.88. The fourth-order valence-electron chi connectivity index (χ4n) is 3.30. The van der Waals surface area contributed by atoms with Crippen LogP contribution in [-0.4, -0.2) is 44.4 Å². The van der Waals surface area contributed by atoms with E-state index in [1.165, 1.54) is 0 Å². The van der Waals surface area contributed by atoms with Crippen LogP contribution in [0.3, 0.4) is 0 Å². The van der Waals surface area contributed by atoms with Crippen LogP contribution in [0, 0.1) is 0 Å². The zero-order chi connectivity index (χ0) is 22.0. The summed E-state index contributed by atoms with van der Waals surface area (Å²) in [6.45, 7) is 3.82. The van der Waals surface area contributed by atoms with Gasteiger partial charge in [-0.3, -0.25) is 4.79 Å². The van der Waals surface area contributed by atoms with E-state index in [1.54, 1.807) is 19.4 Å². The number of nitrogens with one attached hydrogen (secondary N) is 1. The fraction of sp³-hybridized carbons (Fsp3) is 0.273. The molecule has 1 aromatic carbocycles. The van der Waals surface area contributed by atoms with Gasteiger partial charge in [0.1, 0.15) is 0 Å². The van der Waals surface area contributed by atoms with Gasteiger partial charge in [0.15, 0.2) is 5.75 Å². The molecule has 0 fully saturated rings. The maximum absolute atomic E-state index is 10.9. The number of fused-ring (bicyclic) bond motifs is 1. The molecule has 0 radical (unpaired) electrons. The molecule has 0 bridgehead atoms.